The first kappa shape index (κ1) is 9.27. The van der Waals surface area contributed by atoms with Crippen LogP contribution in [0, 0.1) is 0 Å². The van der Waals surface area contributed by atoms with Gasteiger partial charge < -0.3 is 0 Å². The molecular formula is H6O3SiZr. The first-order valence-corrected chi connectivity index (χ1v) is 3.85. The van der Waals surface area contributed by atoms with Crippen LogP contribution in [0.4, 0.5) is 0 Å². The van der Waals surface area contributed by atoms with Gasteiger partial charge in [0.25, 0.3) is 0 Å². The fourth-order valence-corrected chi connectivity index (χ4v) is 0. The average Bonchev–Trinajstić information content (AvgIpc) is 0.811. The van der Waals surface area contributed by atoms with Gasteiger partial charge in [0.1, 0.15) is 0 Å². The first-order valence-electron chi connectivity index (χ1n) is 0.651. The molecule has 0 aliphatic heterocycles. The van der Waals surface area contributed by atoms with Crippen LogP contribution in [-0.4, -0.2) is 17.3 Å². The summed E-state index contributed by atoms with van der Waals surface area (Å²) in [7, 11) is 0. The van der Waals surface area contributed by atoms with E-state index >= 15 is 0 Å². The predicted octanol–water partition coefficient (Wildman–Crippen LogP) is -2.69. The van der Waals surface area contributed by atoms with E-state index in [9.17, 15) is 0 Å². The molecule has 5 heavy (non-hydrogen) atoms. The van der Waals surface area contributed by atoms with Gasteiger partial charge in [-0.2, -0.15) is 0 Å². The van der Waals surface area contributed by atoms with Crippen molar-refractivity contribution in [3.63, 3.8) is 0 Å². The minimum atomic E-state index is -3.79. The van der Waals surface area contributed by atoms with Crippen LogP contribution in [0.1, 0.15) is 0 Å². The van der Waals surface area contributed by atoms with Gasteiger partial charge in [0.15, 0.2) is 0 Å². The summed E-state index contributed by atoms with van der Waals surface area (Å²) in [6, 6.07) is 0. The zero-order valence-corrected chi connectivity index (χ0v) is 4.26. The van der Waals surface area contributed by atoms with E-state index < -0.39 is 22.6 Å². The molecule has 0 aromatic heterocycles. The van der Waals surface area contributed by atoms with E-state index in [1.54, 1.807) is 0 Å². The summed E-state index contributed by atoms with van der Waals surface area (Å²) in [5.74, 6) is 0. The molecule has 0 aliphatic rings. The van der Waals surface area contributed by atoms with Crippen molar-refractivity contribution in [2.24, 2.45) is 0 Å². The van der Waals surface area contributed by atoms with Gasteiger partial charge in [-0.1, -0.05) is 0 Å². The van der Waals surface area contributed by atoms with Crippen LogP contribution < -0.4 is 0 Å². The molecule has 2 N–H and O–H groups in total. The molecule has 5 heteroatoms. The molecule has 0 spiro atoms. The largest absolute Gasteiger partial charge is 0.0149 e. The van der Waals surface area contributed by atoms with Crippen LogP contribution in [-0.2, 0) is 25.4 Å². The molecule has 0 bridgehead atoms. The molecule has 0 aliphatic carbocycles. The fraction of sp³-hybridized carbons (Fsp3) is 0. The standard InChI is InChI=1S/2H2O.O.H4Si.Zr/h2*1H2;;1H4;/q;;;;+2/p-2. The molecule has 0 radical (unpaired) electrons. The Kier molecular flexibility index (Phi) is 8.93. The van der Waals surface area contributed by atoms with Crippen molar-refractivity contribution in [1.29, 1.82) is 0 Å². The normalized spacial score (nSPS) is 5.20. The van der Waals surface area contributed by atoms with E-state index in [1.807, 2.05) is 0 Å². The fourth-order valence-electron chi connectivity index (χ4n) is 0. The van der Waals surface area contributed by atoms with Crippen molar-refractivity contribution in [2.75, 3.05) is 0 Å². The molecule has 0 atom stereocenters. The van der Waals surface area contributed by atoms with Crippen LogP contribution in [0.5, 0.6) is 0 Å². The third-order valence-electron chi connectivity index (χ3n) is 0. The van der Waals surface area contributed by atoms with Crippen LogP contribution >= 0.6 is 0 Å². The smallest absolute Gasteiger partial charge is 0.0149 e. The zero-order chi connectivity index (χ0) is 3.58. The quantitative estimate of drug-likeness (QED) is 0.392. The van der Waals surface area contributed by atoms with Gasteiger partial charge in [0, 0.05) is 0 Å². The number of rotatable bonds is 0. The molecule has 0 saturated carbocycles. The maximum Gasteiger partial charge on any atom is -0.0149 e. The van der Waals surface area contributed by atoms with Gasteiger partial charge >= 0.3 is 31.8 Å². The Labute approximate surface area is 43.0 Å². The van der Waals surface area contributed by atoms with Crippen molar-refractivity contribution in [3.8, 4) is 0 Å². The van der Waals surface area contributed by atoms with E-state index in [4.69, 9.17) is 9.18 Å². The van der Waals surface area contributed by atoms with Gasteiger partial charge in [0.2, 0.25) is 0 Å². The van der Waals surface area contributed by atoms with Gasteiger partial charge in [0.05, 0.1) is 0 Å². The maximum atomic E-state index is 8.84. The van der Waals surface area contributed by atoms with Crippen molar-refractivity contribution in [1.82, 2.24) is 0 Å². The zero-order valence-electron chi connectivity index (χ0n) is 1.80. The van der Waals surface area contributed by atoms with E-state index in [-0.39, 0.29) is 11.0 Å². The predicted molar refractivity (Wildman–Crippen MR) is 16.5 cm³/mol. The molecule has 0 aromatic carbocycles. The van der Waals surface area contributed by atoms with Crippen molar-refractivity contribution < 1.29 is 31.8 Å². The third kappa shape index (κ3) is 57.0. The molecule has 0 heterocycles. The van der Waals surface area contributed by atoms with Gasteiger partial charge in [-0.25, -0.2) is 0 Å². The Morgan fingerprint density at radius 1 is 1.40 bits per heavy atom. The summed E-state index contributed by atoms with van der Waals surface area (Å²) in [5, 5.41) is 0. The Morgan fingerprint density at radius 2 is 1.40 bits per heavy atom. The summed E-state index contributed by atoms with van der Waals surface area (Å²) in [4.78, 5) is 0. The minimum Gasteiger partial charge on any atom is -0.0149 e. The molecule has 3 nitrogen and oxygen atoms in total. The Balaban J connectivity index is 0. The van der Waals surface area contributed by atoms with Crippen LogP contribution in [0.2, 0.25) is 0 Å². The first-order chi connectivity index (χ1) is 1.73. The molecule has 0 aromatic rings. The SMILES string of the molecule is [O]=[Zr]([OH])[OH].[SiH4]. The third-order valence-corrected chi connectivity index (χ3v) is 0. The number of hydrogen-bond donors (Lipinski definition) is 2. The summed E-state index contributed by atoms with van der Waals surface area (Å²) >= 11 is -3.79. The summed E-state index contributed by atoms with van der Waals surface area (Å²) in [6.45, 7) is 0. The van der Waals surface area contributed by atoms with E-state index in [2.05, 4.69) is 0 Å². The van der Waals surface area contributed by atoms with Crippen molar-refractivity contribution in [2.45, 2.75) is 0 Å². The maximum absolute atomic E-state index is 8.84. The molecular weight excluding hydrogens is 167 g/mol. The molecule has 0 rings (SSSR count). The Morgan fingerprint density at radius 3 is 1.40 bits per heavy atom. The Hall–Kier alpha value is 0.820. The van der Waals surface area contributed by atoms with Crippen molar-refractivity contribution in [3.05, 3.63) is 0 Å². The Bertz CT molecular complexity index is 29.9. The van der Waals surface area contributed by atoms with Gasteiger partial charge in [-0.3, -0.25) is 0 Å². The topological polar surface area (TPSA) is 57.5 Å². The molecule has 0 amide bonds. The van der Waals surface area contributed by atoms with Crippen molar-refractivity contribution >= 4 is 11.0 Å². The van der Waals surface area contributed by atoms with E-state index in [0.717, 1.165) is 0 Å². The van der Waals surface area contributed by atoms with E-state index in [0.29, 0.717) is 0 Å². The monoisotopic (exact) mass is 172 g/mol. The minimum absolute atomic E-state index is 0. The molecule has 0 saturated heterocycles. The second-order valence-electron chi connectivity index (χ2n) is 0.283. The van der Waals surface area contributed by atoms with E-state index in [1.165, 1.54) is 0 Å². The van der Waals surface area contributed by atoms with Gasteiger partial charge in [-0.15, -0.1) is 0 Å². The van der Waals surface area contributed by atoms with Crippen LogP contribution in [0.25, 0.3) is 0 Å². The molecule has 32 valence electrons. The summed E-state index contributed by atoms with van der Waals surface area (Å²) in [6.07, 6.45) is 0. The second kappa shape index (κ2) is 4.82. The van der Waals surface area contributed by atoms with Crippen LogP contribution in [0.3, 0.4) is 0 Å². The van der Waals surface area contributed by atoms with Crippen LogP contribution in [0.15, 0.2) is 0 Å². The second-order valence-corrected chi connectivity index (χ2v) is 1.67. The molecule has 0 unspecified atom stereocenters. The number of hydrogen-bond acceptors (Lipinski definition) is 1. The summed E-state index contributed by atoms with van der Waals surface area (Å²) in [5.41, 5.74) is 0. The molecule has 0 fully saturated rings. The summed E-state index contributed by atoms with van der Waals surface area (Å²) < 4.78 is 23.3. The average molecular weight is 173 g/mol. The van der Waals surface area contributed by atoms with Gasteiger partial charge in [-0.05, 0) is 11.0 Å².